The number of nitrogens with two attached hydrogens (primary N) is 1. The van der Waals surface area contributed by atoms with Crippen LogP contribution in [0.25, 0.3) is 0 Å². The van der Waals surface area contributed by atoms with Gasteiger partial charge in [-0.2, -0.15) is 0 Å². The van der Waals surface area contributed by atoms with Crippen molar-refractivity contribution in [1.82, 2.24) is 0 Å². The van der Waals surface area contributed by atoms with Crippen LogP contribution in [-0.4, -0.2) is 0 Å². The van der Waals surface area contributed by atoms with Crippen molar-refractivity contribution in [1.29, 1.82) is 0 Å². The molecule has 0 unspecified atom stereocenters. The van der Waals surface area contributed by atoms with Gasteiger partial charge in [0.25, 0.3) is 0 Å². The number of ether oxygens (including phenoxy) is 1. The van der Waals surface area contributed by atoms with E-state index in [9.17, 15) is 0 Å². The molecule has 0 spiro atoms. The van der Waals surface area contributed by atoms with Crippen LogP contribution in [0.1, 0.15) is 37.4 Å². The highest BCUT2D eigenvalue weighted by Crippen LogP contribution is 2.23. The molecule has 2 aromatic carbocycles. The van der Waals surface area contributed by atoms with E-state index in [0.29, 0.717) is 0 Å². The number of rotatable bonds is 5. The number of hydrogen-bond acceptors (Lipinski definition) is 2. The van der Waals surface area contributed by atoms with Gasteiger partial charge in [-0.3, -0.25) is 0 Å². The van der Waals surface area contributed by atoms with Gasteiger partial charge in [0.1, 0.15) is 11.5 Å². The molecule has 19 heavy (non-hydrogen) atoms. The Balaban J connectivity index is 2.04. The first-order valence-electron chi connectivity index (χ1n) is 6.81. The van der Waals surface area contributed by atoms with E-state index < -0.39 is 0 Å². The van der Waals surface area contributed by atoms with Gasteiger partial charge in [-0.15, -0.1) is 0 Å². The Bertz CT molecular complexity index is 500. The molecule has 0 heterocycles. The Morgan fingerprint density at radius 2 is 1.47 bits per heavy atom. The summed E-state index contributed by atoms with van der Waals surface area (Å²) in [6.45, 7) is 4.16. The van der Waals surface area contributed by atoms with E-state index in [4.69, 9.17) is 10.5 Å². The monoisotopic (exact) mass is 255 g/mol. The minimum absolute atomic E-state index is 0.0578. The molecular formula is C17H21NO. The zero-order valence-electron chi connectivity index (χ0n) is 11.6. The first-order valence-corrected chi connectivity index (χ1v) is 6.81. The SMILES string of the molecule is CCCc1ccc(Oc2ccc([C@@H](C)N)cc2)cc1. The summed E-state index contributed by atoms with van der Waals surface area (Å²) in [5.74, 6) is 1.71. The van der Waals surface area contributed by atoms with Gasteiger partial charge >= 0.3 is 0 Å². The summed E-state index contributed by atoms with van der Waals surface area (Å²) in [5, 5.41) is 0. The van der Waals surface area contributed by atoms with Gasteiger partial charge in [0.2, 0.25) is 0 Å². The van der Waals surface area contributed by atoms with Gasteiger partial charge in [0.05, 0.1) is 0 Å². The minimum Gasteiger partial charge on any atom is -0.457 e. The lowest BCUT2D eigenvalue weighted by Crippen LogP contribution is -2.04. The second kappa shape index (κ2) is 6.39. The Labute approximate surface area is 115 Å². The highest BCUT2D eigenvalue weighted by atomic mass is 16.5. The smallest absolute Gasteiger partial charge is 0.127 e. The molecular weight excluding hydrogens is 234 g/mol. The van der Waals surface area contributed by atoms with Crippen molar-refractivity contribution in [3.8, 4) is 11.5 Å². The fourth-order valence-electron chi connectivity index (χ4n) is 1.99. The van der Waals surface area contributed by atoms with Crippen molar-refractivity contribution in [2.75, 3.05) is 0 Å². The molecule has 1 atom stereocenters. The molecule has 0 saturated carbocycles. The van der Waals surface area contributed by atoms with Crippen LogP contribution in [0.5, 0.6) is 11.5 Å². The van der Waals surface area contributed by atoms with Crippen LogP contribution >= 0.6 is 0 Å². The molecule has 2 N–H and O–H groups in total. The lowest BCUT2D eigenvalue weighted by Gasteiger charge is -2.09. The van der Waals surface area contributed by atoms with E-state index in [2.05, 4.69) is 19.1 Å². The standard InChI is InChI=1S/C17H21NO/c1-3-4-14-5-9-16(10-6-14)19-17-11-7-15(8-12-17)13(2)18/h5-13H,3-4,18H2,1-2H3/t13-/m1/s1. The summed E-state index contributed by atoms with van der Waals surface area (Å²) >= 11 is 0. The average Bonchev–Trinajstić information content (AvgIpc) is 2.42. The maximum absolute atomic E-state index is 5.82. The fraction of sp³-hybridized carbons (Fsp3) is 0.294. The van der Waals surface area contributed by atoms with Crippen LogP contribution in [0.2, 0.25) is 0 Å². The highest BCUT2D eigenvalue weighted by molar-refractivity contribution is 5.35. The van der Waals surface area contributed by atoms with E-state index in [1.165, 1.54) is 12.0 Å². The van der Waals surface area contributed by atoms with Crippen LogP contribution in [0.4, 0.5) is 0 Å². The van der Waals surface area contributed by atoms with Crippen LogP contribution in [-0.2, 0) is 6.42 Å². The third kappa shape index (κ3) is 3.83. The van der Waals surface area contributed by atoms with E-state index in [1.54, 1.807) is 0 Å². The van der Waals surface area contributed by atoms with Crippen LogP contribution in [0.15, 0.2) is 48.5 Å². The molecule has 0 aromatic heterocycles. The van der Waals surface area contributed by atoms with Gasteiger partial charge in [0.15, 0.2) is 0 Å². The van der Waals surface area contributed by atoms with Gasteiger partial charge < -0.3 is 10.5 Å². The number of hydrogen-bond donors (Lipinski definition) is 1. The Hall–Kier alpha value is -1.80. The maximum atomic E-state index is 5.82. The third-order valence-corrected chi connectivity index (χ3v) is 3.10. The second-order valence-electron chi connectivity index (χ2n) is 4.85. The number of aryl methyl sites for hydroxylation is 1. The molecule has 0 aliphatic carbocycles. The molecule has 0 saturated heterocycles. The molecule has 0 fully saturated rings. The maximum Gasteiger partial charge on any atom is 0.127 e. The van der Waals surface area contributed by atoms with E-state index in [0.717, 1.165) is 23.5 Å². The van der Waals surface area contributed by atoms with Crippen molar-refractivity contribution in [3.63, 3.8) is 0 Å². The quantitative estimate of drug-likeness (QED) is 0.856. The topological polar surface area (TPSA) is 35.2 Å². The molecule has 0 bridgehead atoms. The molecule has 0 amide bonds. The largest absolute Gasteiger partial charge is 0.457 e. The summed E-state index contributed by atoms with van der Waals surface area (Å²) in [6.07, 6.45) is 2.28. The van der Waals surface area contributed by atoms with Crippen molar-refractivity contribution in [2.45, 2.75) is 32.7 Å². The molecule has 2 heteroatoms. The Kier molecular flexibility index (Phi) is 4.58. The van der Waals surface area contributed by atoms with E-state index >= 15 is 0 Å². The molecule has 0 radical (unpaired) electrons. The van der Waals surface area contributed by atoms with Crippen molar-refractivity contribution < 1.29 is 4.74 Å². The van der Waals surface area contributed by atoms with Crippen molar-refractivity contribution in [2.24, 2.45) is 5.73 Å². The summed E-state index contributed by atoms with van der Waals surface area (Å²) in [5.41, 5.74) is 8.29. The average molecular weight is 255 g/mol. The van der Waals surface area contributed by atoms with Crippen molar-refractivity contribution >= 4 is 0 Å². The van der Waals surface area contributed by atoms with Crippen LogP contribution < -0.4 is 10.5 Å². The van der Waals surface area contributed by atoms with Gasteiger partial charge in [-0.1, -0.05) is 37.6 Å². The predicted octanol–water partition coefficient (Wildman–Crippen LogP) is 4.45. The van der Waals surface area contributed by atoms with E-state index in [-0.39, 0.29) is 6.04 Å². The minimum atomic E-state index is 0.0578. The summed E-state index contributed by atoms with van der Waals surface area (Å²) in [6, 6.07) is 16.3. The van der Waals surface area contributed by atoms with Gasteiger partial charge in [-0.25, -0.2) is 0 Å². The number of benzene rings is 2. The first kappa shape index (κ1) is 13.6. The zero-order chi connectivity index (χ0) is 13.7. The zero-order valence-corrected chi connectivity index (χ0v) is 11.6. The Morgan fingerprint density at radius 3 is 1.95 bits per heavy atom. The molecule has 2 rings (SSSR count). The molecule has 100 valence electrons. The summed E-state index contributed by atoms with van der Waals surface area (Å²) in [4.78, 5) is 0. The third-order valence-electron chi connectivity index (χ3n) is 3.10. The first-order chi connectivity index (χ1) is 9.19. The lowest BCUT2D eigenvalue weighted by molar-refractivity contribution is 0.482. The van der Waals surface area contributed by atoms with E-state index in [1.807, 2.05) is 43.3 Å². The Morgan fingerprint density at radius 1 is 0.947 bits per heavy atom. The fourth-order valence-corrected chi connectivity index (χ4v) is 1.99. The molecule has 2 aromatic rings. The van der Waals surface area contributed by atoms with Crippen LogP contribution in [0, 0.1) is 0 Å². The highest BCUT2D eigenvalue weighted by Gasteiger charge is 2.01. The molecule has 0 aliphatic rings. The second-order valence-corrected chi connectivity index (χ2v) is 4.85. The predicted molar refractivity (Wildman–Crippen MR) is 79.6 cm³/mol. The normalized spacial score (nSPS) is 12.2. The summed E-state index contributed by atoms with van der Waals surface area (Å²) < 4.78 is 5.81. The summed E-state index contributed by atoms with van der Waals surface area (Å²) in [7, 11) is 0. The van der Waals surface area contributed by atoms with Crippen LogP contribution in [0.3, 0.4) is 0 Å². The molecule has 2 nitrogen and oxygen atoms in total. The molecule has 0 aliphatic heterocycles. The lowest BCUT2D eigenvalue weighted by atomic mass is 10.1. The van der Waals surface area contributed by atoms with Gasteiger partial charge in [-0.05, 0) is 48.7 Å². The van der Waals surface area contributed by atoms with Gasteiger partial charge in [0, 0.05) is 6.04 Å². The van der Waals surface area contributed by atoms with Crippen molar-refractivity contribution in [3.05, 3.63) is 59.7 Å².